The number of fused-ring (bicyclic) bond motifs is 3. The second kappa shape index (κ2) is 7.24. The Morgan fingerprint density at radius 2 is 0.950 bits per heavy atom. The van der Waals surface area contributed by atoms with Gasteiger partial charge in [-0.25, -0.2) is 10.0 Å². The van der Waals surface area contributed by atoms with Gasteiger partial charge < -0.3 is 0 Å². The van der Waals surface area contributed by atoms with E-state index in [1.807, 2.05) is 0 Å². The summed E-state index contributed by atoms with van der Waals surface area (Å²) < 4.78 is 0. The molecule has 3 saturated heterocycles. The zero-order valence-electron chi connectivity index (χ0n) is 13.4. The summed E-state index contributed by atoms with van der Waals surface area (Å²) in [5.74, 6) is 0. The molecule has 2 unspecified atom stereocenters. The van der Waals surface area contributed by atoms with Gasteiger partial charge in [0.2, 0.25) is 0 Å². The summed E-state index contributed by atoms with van der Waals surface area (Å²) >= 11 is 0. The second-order valence-electron chi connectivity index (χ2n) is 7.07. The van der Waals surface area contributed by atoms with Gasteiger partial charge in [0, 0.05) is 13.1 Å². The molecule has 2 atom stereocenters. The van der Waals surface area contributed by atoms with Crippen LogP contribution in [0, 0.1) is 0 Å². The fourth-order valence-electron chi connectivity index (χ4n) is 4.48. The normalized spacial score (nSPS) is 35.9. The van der Waals surface area contributed by atoms with Gasteiger partial charge in [-0.3, -0.25) is 4.90 Å². The van der Waals surface area contributed by atoms with Gasteiger partial charge in [-0.2, -0.15) is 0 Å². The average Bonchev–Trinajstić information content (AvgIpc) is 2.81. The minimum absolute atomic E-state index is 0.692. The Balaban J connectivity index is 1.74. The summed E-state index contributed by atoms with van der Waals surface area (Å²) in [6.07, 6.45) is 18.5. The van der Waals surface area contributed by atoms with Crippen LogP contribution in [0.25, 0.3) is 0 Å². The van der Waals surface area contributed by atoms with E-state index in [9.17, 15) is 0 Å². The van der Waals surface area contributed by atoms with E-state index in [4.69, 9.17) is 0 Å². The highest BCUT2D eigenvalue weighted by atomic mass is 15.8. The van der Waals surface area contributed by atoms with Crippen LogP contribution in [0.2, 0.25) is 0 Å². The molecule has 0 N–H and O–H groups in total. The molecule has 3 rings (SSSR count). The number of hydrogen-bond acceptors (Lipinski definition) is 3. The molecule has 0 aromatic heterocycles. The van der Waals surface area contributed by atoms with Crippen LogP contribution in [-0.4, -0.2) is 47.4 Å². The number of nitrogens with zero attached hydrogens (tertiary/aromatic N) is 3. The summed E-state index contributed by atoms with van der Waals surface area (Å²) in [7, 11) is 2.39. The summed E-state index contributed by atoms with van der Waals surface area (Å²) in [6, 6.07) is 0. The van der Waals surface area contributed by atoms with Gasteiger partial charge in [-0.1, -0.05) is 51.4 Å². The first kappa shape index (κ1) is 14.8. The van der Waals surface area contributed by atoms with Crippen LogP contribution in [0.4, 0.5) is 0 Å². The van der Waals surface area contributed by atoms with E-state index >= 15 is 0 Å². The Hall–Kier alpha value is -0.120. The van der Waals surface area contributed by atoms with Crippen LogP contribution in [0.1, 0.15) is 77.0 Å². The Bertz CT molecular complexity index is 266. The molecule has 3 nitrogen and oxygen atoms in total. The predicted molar refractivity (Wildman–Crippen MR) is 84.2 cm³/mol. The lowest BCUT2D eigenvalue weighted by atomic mass is 10.1. The topological polar surface area (TPSA) is 9.72 Å². The first-order chi connectivity index (χ1) is 9.88. The van der Waals surface area contributed by atoms with Crippen molar-refractivity contribution < 1.29 is 0 Å². The van der Waals surface area contributed by atoms with Crippen molar-refractivity contribution in [3.05, 3.63) is 0 Å². The molecule has 0 aromatic rings. The van der Waals surface area contributed by atoms with Gasteiger partial charge in [0.05, 0.1) is 12.3 Å². The molecule has 3 heteroatoms. The highest BCUT2D eigenvalue weighted by molar-refractivity contribution is 4.86. The van der Waals surface area contributed by atoms with Crippen molar-refractivity contribution in [2.75, 3.05) is 20.1 Å². The van der Waals surface area contributed by atoms with Gasteiger partial charge in [0.25, 0.3) is 0 Å². The predicted octanol–water partition coefficient (Wildman–Crippen LogP) is 3.81. The Morgan fingerprint density at radius 3 is 1.45 bits per heavy atom. The Labute approximate surface area is 125 Å². The van der Waals surface area contributed by atoms with Crippen LogP contribution in [0.15, 0.2) is 0 Å². The largest absolute Gasteiger partial charge is 0.273 e. The number of hydrogen-bond donors (Lipinski definition) is 0. The highest BCUT2D eigenvalue weighted by Gasteiger charge is 2.42. The molecule has 3 fully saturated rings. The summed E-state index contributed by atoms with van der Waals surface area (Å²) in [5, 5.41) is 5.53. The lowest BCUT2D eigenvalue weighted by Crippen LogP contribution is -2.44. The third kappa shape index (κ3) is 3.20. The van der Waals surface area contributed by atoms with Crippen molar-refractivity contribution in [3.8, 4) is 0 Å². The molecule has 3 aliphatic rings. The lowest BCUT2D eigenvalue weighted by Gasteiger charge is -2.33. The standard InChI is InChI=1S/C17H33N3/c1-18-16-12-8-4-2-6-10-14-19(16)20-15-11-7-3-5-9-13-17(18)20/h16-17H,2-15H2,1H3. The lowest BCUT2D eigenvalue weighted by molar-refractivity contribution is -0.0310. The molecular weight excluding hydrogens is 246 g/mol. The molecule has 0 radical (unpaired) electrons. The van der Waals surface area contributed by atoms with Crippen molar-refractivity contribution in [1.29, 1.82) is 0 Å². The van der Waals surface area contributed by atoms with Gasteiger partial charge in [0.15, 0.2) is 0 Å². The van der Waals surface area contributed by atoms with Crippen LogP contribution >= 0.6 is 0 Å². The van der Waals surface area contributed by atoms with Crippen LogP contribution in [-0.2, 0) is 0 Å². The summed E-state index contributed by atoms with van der Waals surface area (Å²) in [5.41, 5.74) is 0. The van der Waals surface area contributed by atoms with Gasteiger partial charge in [-0.05, 0) is 32.7 Å². The van der Waals surface area contributed by atoms with Crippen molar-refractivity contribution in [2.24, 2.45) is 0 Å². The quantitative estimate of drug-likeness (QED) is 0.667. The average molecular weight is 279 g/mol. The number of hydrazine groups is 1. The van der Waals surface area contributed by atoms with E-state index < -0.39 is 0 Å². The molecule has 0 aromatic carbocycles. The maximum atomic E-state index is 2.77. The molecular formula is C17H33N3. The van der Waals surface area contributed by atoms with Gasteiger partial charge in [0.1, 0.15) is 0 Å². The summed E-state index contributed by atoms with van der Waals surface area (Å²) in [4.78, 5) is 2.70. The molecule has 0 spiro atoms. The Morgan fingerprint density at radius 1 is 0.550 bits per heavy atom. The second-order valence-corrected chi connectivity index (χ2v) is 7.07. The molecule has 3 aliphatic heterocycles. The summed E-state index contributed by atoms with van der Waals surface area (Å²) in [6.45, 7) is 2.59. The van der Waals surface area contributed by atoms with Crippen molar-refractivity contribution in [3.63, 3.8) is 0 Å². The highest BCUT2D eigenvalue weighted by Crippen LogP contribution is 2.33. The minimum Gasteiger partial charge on any atom is -0.273 e. The molecule has 0 aliphatic carbocycles. The molecule has 20 heavy (non-hydrogen) atoms. The van der Waals surface area contributed by atoms with E-state index in [0.717, 1.165) is 0 Å². The Kier molecular flexibility index (Phi) is 5.36. The monoisotopic (exact) mass is 279 g/mol. The van der Waals surface area contributed by atoms with Crippen molar-refractivity contribution in [1.82, 2.24) is 14.9 Å². The maximum Gasteiger partial charge on any atom is 0.0770 e. The zero-order valence-corrected chi connectivity index (χ0v) is 13.4. The van der Waals surface area contributed by atoms with E-state index in [2.05, 4.69) is 22.0 Å². The van der Waals surface area contributed by atoms with E-state index in [1.54, 1.807) is 0 Å². The van der Waals surface area contributed by atoms with Crippen molar-refractivity contribution in [2.45, 2.75) is 89.4 Å². The molecule has 0 amide bonds. The first-order valence-electron chi connectivity index (χ1n) is 9.13. The van der Waals surface area contributed by atoms with E-state index in [1.165, 1.54) is 90.1 Å². The van der Waals surface area contributed by atoms with E-state index in [0.29, 0.717) is 12.3 Å². The zero-order chi connectivity index (χ0) is 13.8. The molecule has 0 saturated carbocycles. The van der Waals surface area contributed by atoms with E-state index in [-0.39, 0.29) is 0 Å². The van der Waals surface area contributed by atoms with Crippen molar-refractivity contribution >= 4 is 0 Å². The first-order valence-corrected chi connectivity index (χ1v) is 9.13. The SMILES string of the molecule is CN1C2CCCCCCCN2N2CCCCCCCC12. The minimum atomic E-state index is 0.692. The third-order valence-electron chi connectivity index (χ3n) is 5.66. The molecule has 116 valence electrons. The molecule has 0 bridgehead atoms. The third-order valence-corrected chi connectivity index (χ3v) is 5.66. The van der Waals surface area contributed by atoms with Crippen LogP contribution in [0.3, 0.4) is 0 Å². The molecule has 3 heterocycles. The smallest absolute Gasteiger partial charge is 0.0770 e. The fraction of sp³-hybridized carbons (Fsp3) is 1.00. The van der Waals surface area contributed by atoms with Crippen LogP contribution < -0.4 is 0 Å². The maximum absolute atomic E-state index is 2.77. The van der Waals surface area contributed by atoms with Gasteiger partial charge >= 0.3 is 0 Å². The van der Waals surface area contributed by atoms with Gasteiger partial charge in [-0.15, -0.1) is 0 Å². The van der Waals surface area contributed by atoms with Crippen LogP contribution in [0.5, 0.6) is 0 Å². The fourth-order valence-corrected chi connectivity index (χ4v) is 4.48. The number of rotatable bonds is 0.